The van der Waals surface area contributed by atoms with E-state index in [9.17, 15) is 13.2 Å². The van der Waals surface area contributed by atoms with Crippen LogP contribution in [-0.4, -0.2) is 44.6 Å². The molecule has 19 heavy (non-hydrogen) atoms. The average molecular weight is 274 g/mol. The minimum absolute atomic E-state index is 0.0570. The first kappa shape index (κ1) is 13.1. The minimum atomic E-state index is -4.46. The van der Waals surface area contributed by atoms with Crippen molar-refractivity contribution in [3.05, 3.63) is 18.5 Å². The molecule has 0 aliphatic heterocycles. The van der Waals surface area contributed by atoms with Gasteiger partial charge in [-0.2, -0.15) is 33.2 Å². The van der Waals surface area contributed by atoms with Gasteiger partial charge in [0.05, 0.1) is 0 Å². The van der Waals surface area contributed by atoms with E-state index in [0.29, 0.717) is 0 Å². The van der Waals surface area contributed by atoms with Crippen LogP contribution < -0.4 is 10.1 Å². The number of hydrogen-bond acceptors (Lipinski definition) is 6. The van der Waals surface area contributed by atoms with Gasteiger partial charge in [0.2, 0.25) is 5.95 Å². The van der Waals surface area contributed by atoms with Crippen LogP contribution in [0.1, 0.15) is 0 Å². The fraction of sp³-hybridized carbons (Fsp3) is 0.333. The summed E-state index contributed by atoms with van der Waals surface area (Å²) in [5.41, 5.74) is 0. The third-order valence-corrected chi connectivity index (χ3v) is 1.90. The number of halogens is 3. The normalized spacial score (nSPS) is 11.4. The summed E-state index contributed by atoms with van der Waals surface area (Å²) < 4.78 is 42.0. The lowest BCUT2D eigenvalue weighted by molar-refractivity contribution is -0.154. The van der Waals surface area contributed by atoms with Crippen molar-refractivity contribution >= 4 is 5.95 Å². The van der Waals surface area contributed by atoms with Crippen LogP contribution in [0.5, 0.6) is 6.01 Å². The molecule has 2 aromatic heterocycles. The second kappa shape index (κ2) is 5.08. The van der Waals surface area contributed by atoms with Gasteiger partial charge in [-0.3, -0.25) is 0 Å². The minimum Gasteiger partial charge on any atom is -0.454 e. The lowest BCUT2D eigenvalue weighted by atomic mass is 10.7. The first-order chi connectivity index (χ1) is 8.98. The van der Waals surface area contributed by atoms with Gasteiger partial charge in [0, 0.05) is 19.4 Å². The van der Waals surface area contributed by atoms with E-state index in [0.717, 1.165) is 0 Å². The maximum Gasteiger partial charge on any atom is 0.422 e. The Kier molecular flexibility index (Phi) is 3.49. The summed E-state index contributed by atoms with van der Waals surface area (Å²) in [7, 11) is 1.52. The molecule has 102 valence electrons. The standard InChI is InChI=1S/C9H9F3N6O/c1-13-6-15-7(18-4-2-3-14-18)17-8(16-6)19-5-9(10,11)12/h2-4H,5H2,1H3,(H,13,15,16,17). The zero-order valence-corrected chi connectivity index (χ0v) is 9.72. The number of aromatic nitrogens is 5. The second-order valence-corrected chi connectivity index (χ2v) is 3.35. The lowest BCUT2D eigenvalue weighted by Crippen LogP contribution is -2.21. The molecule has 0 atom stereocenters. The summed E-state index contributed by atoms with van der Waals surface area (Å²) in [5.74, 6) is 0.138. The molecule has 0 unspecified atom stereocenters. The van der Waals surface area contributed by atoms with Crippen LogP contribution in [-0.2, 0) is 0 Å². The SMILES string of the molecule is CNc1nc(OCC(F)(F)F)nc(-n2cccn2)n1. The van der Waals surface area contributed by atoms with Gasteiger partial charge >= 0.3 is 12.2 Å². The molecule has 0 amide bonds. The molecule has 0 bridgehead atoms. The molecular weight excluding hydrogens is 265 g/mol. The van der Waals surface area contributed by atoms with Gasteiger partial charge in [-0.1, -0.05) is 0 Å². The number of alkyl halides is 3. The van der Waals surface area contributed by atoms with E-state index in [-0.39, 0.29) is 11.9 Å². The number of hydrogen-bond donors (Lipinski definition) is 1. The summed E-state index contributed by atoms with van der Waals surface area (Å²) in [6.45, 7) is -1.47. The predicted octanol–water partition coefficient (Wildman–Crippen LogP) is 1.04. The number of nitrogens with one attached hydrogen (secondary N) is 1. The smallest absolute Gasteiger partial charge is 0.422 e. The fourth-order valence-corrected chi connectivity index (χ4v) is 1.16. The Bertz CT molecular complexity index is 541. The molecule has 0 saturated heterocycles. The molecule has 10 heteroatoms. The molecule has 2 aromatic rings. The molecule has 1 N–H and O–H groups in total. The van der Waals surface area contributed by atoms with Gasteiger partial charge in [-0.15, -0.1) is 0 Å². The van der Waals surface area contributed by atoms with E-state index < -0.39 is 18.8 Å². The molecular formula is C9H9F3N6O. The van der Waals surface area contributed by atoms with Crippen LogP contribution in [0, 0.1) is 0 Å². The zero-order valence-electron chi connectivity index (χ0n) is 9.72. The second-order valence-electron chi connectivity index (χ2n) is 3.35. The molecule has 0 aliphatic rings. The number of anilines is 1. The molecule has 0 fully saturated rings. The maximum atomic E-state index is 12.1. The fourth-order valence-electron chi connectivity index (χ4n) is 1.16. The lowest BCUT2D eigenvalue weighted by Gasteiger charge is -2.09. The largest absolute Gasteiger partial charge is 0.454 e. The van der Waals surface area contributed by atoms with Crippen molar-refractivity contribution in [3.8, 4) is 12.0 Å². The van der Waals surface area contributed by atoms with E-state index in [1.54, 1.807) is 12.3 Å². The van der Waals surface area contributed by atoms with Gasteiger partial charge in [0.25, 0.3) is 5.95 Å². The van der Waals surface area contributed by atoms with Crippen molar-refractivity contribution in [1.82, 2.24) is 24.7 Å². The predicted molar refractivity (Wildman–Crippen MR) is 58.0 cm³/mol. The quantitative estimate of drug-likeness (QED) is 0.897. The molecule has 0 aliphatic carbocycles. The Morgan fingerprint density at radius 3 is 2.68 bits per heavy atom. The van der Waals surface area contributed by atoms with E-state index in [1.807, 2.05) is 0 Å². The Labute approximate surface area is 105 Å². The molecule has 0 aromatic carbocycles. The van der Waals surface area contributed by atoms with Gasteiger partial charge in [-0.05, 0) is 6.07 Å². The third kappa shape index (κ3) is 3.53. The van der Waals surface area contributed by atoms with E-state index in [1.165, 1.54) is 17.9 Å². The highest BCUT2D eigenvalue weighted by Gasteiger charge is 2.29. The van der Waals surface area contributed by atoms with Crippen molar-refractivity contribution in [2.45, 2.75) is 6.18 Å². The Hall–Kier alpha value is -2.39. The molecule has 7 nitrogen and oxygen atoms in total. The van der Waals surface area contributed by atoms with Gasteiger partial charge in [0.15, 0.2) is 6.61 Å². The van der Waals surface area contributed by atoms with Crippen molar-refractivity contribution < 1.29 is 17.9 Å². The highest BCUT2D eigenvalue weighted by molar-refractivity contribution is 5.28. The maximum absolute atomic E-state index is 12.1. The summed E-state index contributed by atoms with van der Waals surface area (Å²) >= 11 is 0. The van der Waals surface area contributed by atoms with Crippen molar-refractivity contribution in [1.29, 1.82) is 0 Å². The third-order valence-electron chi connectivity index (χ3n) is 1.90. The average Bonchev–Trinajstić information content (AvgIpc) is 2.89. The number of nitrogens with zero attached hydrogens (tertiary/aromatic N) is 5. The van der Waals surface area contributed by atoms with Crippen LogP contribution in [0.15, 0.2) is 18.5 Å². The van der Waals surface area contributed by atoms with Gasteiger partial charge < -0.3 is 10.1 Å². The number of ether oxygens (including phenoxy) is 1. The molecule has 0 spiro atoms. The molecule has 2 heterocycles. The monoisotopic (exact) mass is 274 g/mol. The van der Waals surface area contributed by atoms with Crippen LogP contribution >= 0.6 is 0 Å². The Balaban J connectivity index is 2.26. The first-order valence-electron chi connectivity index (χ1n) is 5.11. The van der Waals surface area contributed by atoms with Crippen LogP contribution in [0.4, 0.5) is 19.1 Å². The molecule has 2 rings (SSSR count). The topological polar surface area (TPSA) is 77.8 Å². The molecule has 0 radical (unpaired) electrons. The highest BCUT2D eigenvalue weighted by Crippen LogP contribution is 2.17. The summed E-state index contributed by atoms with van der Waals surface area (Å²) in [6, 6.07) is 1.20. The van der Waals surface area contributed by atoms with E-state index in [2.05, 4.69) is 30.1 Å². The van der Waals surface area contributed by atoms with E-state index >= 15 is 0 Å². The first-order valence-corrected chi connectivity index (χ1v) is 5.11. The zero-order chi connectivity index (χ0) is 13.9. The Morgan fingerprint density at radius 2 is 2.11 bits per heavy atom. The van der Waals surface area contributed by atoms with Crippen LogP contribution in [0.25, 0.3) is 5.95 Å². The van der Waals surface area contributed by atoms with Crippen molar-refractivity contribution in [3.63, 3.8) is 0 Å². The molecule has 0 saturated carbocycles. The summed E-state index contributed by atoms with van der Waals surface area (Å²) in [6.07, 6.45) is -1.43. The van der Waals surface area contributed by atoms with Crippen LogP contribution in [0.2, 0.25) is 0 Å². The van der Waals surface area contributed by atoms with E-state index in [4.69, 9.17) is 0 Å². The highest BCUT2D eigenvalue weighted by atomic mass is 19.4. The summed E-state index contributed by atoms with van der Waals surface area (Å²) in [4.78, 5) is 11.4. The Morgan fingerprint density at radius 1 is 1.32 bits per heavy atom. The summed E-state index contributed by atoms with van der Waals surface area (Å²) in [5, 5.41) is 6.47. The van der Waals surface area contributed by atoms with Crippen LogP contribution in [0.3, 0.4) is 0 Å². The van der Waals surface area contributed by atoms with Crippen molar-refractivity contribution in [2.75, 3.05) is 19.0 Å². The van der Waals surface area contributed by atoms with Gasteiger partial charge in [-0.25, -0.2) is 4.68 Å². The number of rotatable bonds is 4. The van der Waals surface area contributed by atoms with Gasteiger partial charge in [0.1, 0.15) is 0 Å². The van der Waals surface area contributed by atoms with Crippen molar-refractivity contribution in [2.24, 2.45) is 0 Å².